The molecular formula is C18H15Cl2N3O2S. The van der Waals surface area contributed by atoms with Gasteiger partial charge in [-0.25, -0.2) is 0 Å². The van der Waals surface area contributed by atoms with Crippen molar-refractivity contribution in [3.8, 4) is 11.5 Å². The number of nitrogens with one attached hydrogen (secondary N) is 1. The molecule has 1 amide bonds. The molecule has 26 heavy (non-hydrogen) atoms. The van der Waals surface area contributed by atoms with Crippen LogP contribution in [0.4, 0.5) is 5.69 Å². The van der Waals surface area contributed by atoms with Gasteiger partial charge in [-0.2, -0.15) is 0 Å². The number of halogens is 2. The van der Waals surface area contributed by atoms with E-state index in [2.05, 4.69) is 15.5 Å². The predicted octanol–water partition coefficient (Wildman–Crippen LogP) is 5.47. The lowest BCUT2D eigenvalue weighted by atomic mass is 10.1. The van der Waals surface area contributed by atoms with Crippen molar-refractivity contribution in [2.75, 3.05) is 5.32 Å². The van der Waals surface area contributed by atoms with Gasteiger partial charge < -0.3 is 9.73 Å². The van der Waals surface area contributed by atoms with Crippen molar-refractivity contribution < 1.29 is 9.21 Å². The Hall–Kier alpha value is -2.02. The van der Waals surface area contributed by atoms with E-state index in [-0.39, 0.29) is 5.91 Å². The minimum Gasteiger partial charge on any atom is -0.411 e. The molecule has 0 saturated carbocycles. The van der Waals surface area contributed by atoms with E-state index in [1.807, 2.05) is 31.2 Å². The second kappa shape index (κ2) is 8.12. The first-order valence-electron chi connectivity index (χ1n) is 7.76. The molecular weight excluding hydrogens is 393 g/mol. The van der Waals surface area contributed by atoms with Crippen molar-refractivity contribution in [1.82, 2.24) is 10.2 Å². The number of hydrogen-bond donors (Lipinski definition) is 1. The van der Waals surface area contributed by atoms with E-state index >= 15 is 0 Å². The van der Waals surface area contributed by atoms with Gasteiger partial charge >= 0.3 is 0 Å². The molecule has 3 aromatic rings. The number of hydrogen-bond acceptors (Lipinski definition) is 5. The lowest BCUT2D eigenvalue weighted by Gasteiger charge is -2.12. The summed E-state index contributed by atoms with van der Waals surface area (Å²) in [6.07, 6.45) is 0. The Balaban J connectivity index is 1.68. The van der Waals surface area contributed by atoms with E-state index in [0.717, 1.165) is 22.9 Å². The minimum absolute atomic E-state index is 0.264. The van der Waals surface area contributed by atoms with Crippen molar-refractivity contribution in [1.29, 1.82) is 0 Å². The molecule has 2 aromatic carbocycles. The molecule has 3 rings (SSSR count). The fourth-order valence-corrected chi connectivity index (χ4v) is 3.37. The minimum atomic E-state index is -0.479. The maximum atomic E-state index is 12.4. The third-order valence-electron chi connectivity index (χ3n) is 3.53. The number of carbonyl (C=O) groups excluding carboxylic acids is 1. The first kappa shape index (κ1) is 18.8. The van der Waals surface area contributed by atoms with Gasteiger partial charge in [-0.05, 0) is 38.1 Å². The Morgan fingerprint density at radius 2 is 1.85 bits per heavy atom. The molecule has 134 valence electrons. The van der Waals surface area contributed by atoms with Crippen molar-refractivity contribution in [2.24, 2.45) is 0 Å². The highest BCUT2D eigenvalue weighted by Gasteiger charge is 2.20. The number of amides is 1. The quantitative estimate of drug-likeness (QED) is 0.567. The highest BCUT2D eigenvalue weighted by Crippen LogP contribution is 2.31. The van der Waals surface area contributed by atoms with Gasteiger partial charge in [0.25, 0.3) is 5.22 Å². The largest absolute Gasteiger partial charge is 0.411 e. The first-order chi connectivity index (χ1) is 12.4. The molecule has 0 saturated heterocycles. The van der Waals surface area contributed by atoms with Crippen LogP contribution in [0.25, 0.3) is 11.5 Å². The van der Waals surface area contributed by atoms with E-state index in [4.69, 9.17) is 27.6 Å². The lowest BCUT2D eigenvalue weighted by Crippen LogP contribution is -2.22. The molecule has 1 N–H and O–H groups in total. The van der Waals surface area contributed by atoms with Crippen LogP contribution in [0.5, 0.6) is 0 Å². The normalized spacial score (nSPS) is 12.0. The summed E-state index contributed by atoms with van der Waals surface area (Å²) in [6, 6.07) is 12.8. The Morgan fingerprint density at radius 3 is 2.54 bits per heavy atom. The monoisotopic (exact) mass is 407 g/mol. The Morgan fingerprint density at radius 1 is 1.15 bits per heavy atom. The Labute approximate surface area is 165 Å². The van der Waals surface area contributed by atoms with Crippen LogP contribution in [-0.4, -0.2) is 21.4 Å². The molecule has 0 aliphatic rings. The van der Waals surface area contributed by atoms with E-state index < -0.39 is 5.25 Å². The molecule has 5 nitrogen and oxygen atoms in total. The molecule has 1 heterocycles. The fraction of sp³-hybridized carbons (Fsp3) is 0.167. The van der Waals surface area contributed by atoms with E-state index in [1.165, 1.54) is 0 Å². The maximum absolute atomic E-state index is 12.4. The number of rotatable bonds is 5. The average molecular weight is 408 g/mol. The van der Waals surface area contributed by atoms with E-state index in [0.29, 0.717) is 26.8 Å². The third kappa shape index (κ3) is 4.38. The Kier molecular flexibility index (Phi) is 5.86. The van der Waals surface area contributed by atoms with Gasteiger partial charge in [0.1, 0.15) is 0 Å². The van der Waals surface area contributed by atoms with Gasteiger partial charge in [0, 0.05) is 5.56 Å². The van der Waals surface area contributed by atoms with Gasteiger partial charge in [0.05, 0.1) is 21.0 Å². The van der Waals surface area contributed by atoms with Gasteiger partial charge in [-0.3, -0.25) is 4.79 Å². The average Bonchev–Trinajstić information content (AvgIpc) is 3.06. The predicted molar refractivity (Wildman–Crippen MR) is 105 cm³/mol. The fourth-order valence-electron chi connectivity index (χ4n) is 2.20. The molecule has 0 aliphatic heterocycles. The number of benzene rings is 2. The zero-order chi connectivity index (χ0) is 18.7. The van der Waals surface area contributed by atoms with E-state index in [9.17, 15) is 4.79 Å². The molecule has 0 radical (unpaired) electrons. The van der Waals surface area contributed by atoms with Crippen LogP contribution in [0, 0.1) is 6.92 Å². The molecule has 1 aromatic heterocycles. The molecule has 0 spiro atoms. The maximum Gasteiger partial charge on any atom is 0.277 e. The van der Waals surface area contributed by atoms with Crippen molar-refractivity contribution in [3.63, 3.8) is 0 Å². The third-order valence-corrected chi connectivity index (χ3v) is 5.09. The molecule has 0 fully saturated rings. The number of aryl methyl sites for hydroxylation is 1. The van der Waals surface area contributed by atoms with Gasteiger partial charge in [-0.1, -0.05) is 58.7 Å². The number of aromatic nitrogens is 2. The summed E-state index contributed by atoms with van der Waals surface area (Å²) in [5, 5.41) is 11.4. The van der Waals surface area contributed by atoms with Crippen molar-refractivity contribution in [3.05, 3.63) is 58.1 Å². The Bertz CT molecular complexity index is 925. The van der Waals surface area contributed by atoms with Crippen LogP contribution in [0.2, 0.25) is 10.0 Å². The second-order valence-electron chi connectivity index (χ2n) is 5.59. The van der Waals surface area contributed by atoms with E-state index in [1.54, 1.807) is 25.1 Å². The van der Waals surface area contributed by atoms with Crippen LogP contribution in [-0.2, 0) is 4.79 Å². The van der Waals surface area contributed by atoms with Gasteiger partial charge in [0.2, 0.25) is 11.8 Å². The van der Waals surface area contributed by atoms with Crippen LogP contribution < -0.4 is 5.32 Å². The second-order valence-corrected chi connectivity index (χ2v) is 7.70. The topological polar surface area (TPSA) is 68.0 Å². The smallest absolute Gasteiger partial charge is 0.277 e. The highest BCUT2D eigenvalue weighted by molar-refractivity contribution is 8.00. The number of nitrogens with zero attached hydrogens (tertiary/aromatic N) is 2. The summed E-state index contributed by atoms with van der Waals surface area (Å²) < 4.78 is 5.65. The number of para-hydroxylation sites is 1. The highest BCUT2D eigenvalue weighted by atomic mass is 35.5. The van der Waals surface area contributed by atoms with Crippen molar-refractivity contribution in [2.45, 2.75) is 24.3 Å². The summed E-state index contributed by atoms with van der Waals surface area (Å²) in [5.74, 6) is 0.151. The number of thioether (sulfide) groups is 1. The molecule has 0 aliphatic carbocycles. The standard InChI is InChI=1S/C18H15Cl2N3O2S/c1-10-5-3-6-12(9-10)17-22-23-18(25-17)26-11(2)16(24)21-15-13(19)7-4-8-14(15)20/h3-9,11H,1-2H3,(H,21,24)/t11-/m1/s1. The van der Waals surface area contributed by atoms with Gasteiger partial charge in [-0.15, -0.1) is 10.2 Å². The summed E-state index contributed by atoms with van der Waals surface area (Å²) in [5.41, 5.74) is 2.32. The van der Waals surface area contributed by atoms with Crippen LogP contribution in [0.1, 0.15) is 12.5 Å². The molecule has 0 bridgehead atoms. The summed E-state index contributed by atoms with van der Waals surface area (Å²) in [6.45, 7) is 3.73. The van der Waals surface area contributed by atoms with Crippen LogP contribution >= 0.6 is 35.0 Å². The number of carbonyl (C=O) groups is 1. The summed E-state index contributed by atoms with van der Waals surface area (Å²) in [4.78, 5) is 12.4. The number of anilines is 1. The van der Waals surface area contributed by atoms with Crippen molar-refractivity contribution >= 4 is 46.6 Å². The molecule has 1 atom stereocenters. The van der Waals surface area contributed by atoms with Crippen LogP contribution in [0.3, 0.4) is 0 Å². The molecule has 8 heteroatoms. The summed E-state index contributed by atoms with van der Waals surface area (Å²) >= 11 is 13.3. The van der Waals surface area contributed by atoms with Crippen LogP contribution in [0.15, 0.2) is 52.1 Å². The SMILES string of the molecule is Cc1cccc(-c2nnc(S[C@H](C)C(=O)Nc3c(Cl)cccc3Cl)o2)c1. The zero-order valence-electron chi connectivity index (χ0n) is 14.0. The summed E-state index contributed by atoms with van der Waals surface area (Å²) in [7, 11) is 0. The zero-order valence-corrected chi connectivity index (χ0v) is 16.3. The first-order valence-corrected chi connectivity index (χ1v) is 9.39. The lowest BCUT2D eigenvalue weighted by molar-refractivity contribution is -0.115. The molecule has 0 unspecified atom stereocenters. The van der Waals surface area contributed by atoms with Gasteiger partial charge in [0.15, 0.2) is 0 Å².